The maximum absolute atomic E-state index is 12.7. The van der Waals surface area contributed by atoms with Crippen molar-refractivity contribution in [1.29, 1.82) is 0 Å². The van der Waals surface area contributed by atoms with E-state index in [2.05, 4.69) is 69.4 Å². The number of allylic oxidation sites excluding steroid dienone is 10. The van der Waals surface area contributed by atoms with Gasteiger partial charge in [0.2, 0.25) is 0 Å². The Morgan fingerprint density at radius 2 is 0.683 bits per heavy atom. The van der Waals surface area contributed by atoms with Gasteiger partial charge in [0.1, 0.15) is 13.2 Å². The van der Waals surface area contributed by atoms with E-state index in [0.29, 0.717) is 19.3 Å². The lowest BCUT2D eigenvalue weighted by Gasteiger charge is -2.18. The zero-order valence-corrected chi connectivity index (χ0v) is 39.5. The summed E-state index contributed by atoms with van der Waals surface area (Å²) in [5, 5.41) is 0. The van der Waals surface area contributed by atoms with Crippen LogP contribution in [0.5, 0.6) is 0 Å². The average Bonchev–Trinajstić information content (AvgIpc) is 3.24. The average molecular weight is 839 g/mol. The quantitative estimate of drug-likeness (QED) is 0.0263. The molecule has 60 heavy (non-hydrogen) atoms. The topological polar surface area (TPSA) is 78.9 Å². The fourth-order valence-corrected chi connectivity index (χ4v) is 6.98. The number of carbonyl (C=O) groups is 3. The van der Waals surface area contributed by atoms with Crippen LogP contribution in [0.1, 0.15) is 245 Å². The predicted molar refractivity (Wildman–Crippen MR) is 256 cm³/mol. The molecule has 0 aromatic carbocycles. The summed E-state index contributed by atoms with van der Waals surface area (Å²) in [4.78, 5) is 37.8. The summed E-state index contributed by atoms with van der Waals surface area (Å²) in [5.41, 5.74) is 0. The highest BCUT2D eigenvalue weighted by Crippen LogP contribution is 2.15. The van der Waals surface area contributed by atoms with Gasteiger partial charge in [-0.05, 0) is 70.6 Å². The molecule has 0 amide bonds. The SMILES string of the molecule is CC/C=C\C/C=C\C/C=C\C/C=C\CCC(=O)OC(COC(=O)CCCCCCC/C=C\CCCCC)COC(=O)CCCCCCCCCCCCCCCCCCC. The molecule has 0 N–H and O–H groups in total. The van der Waals surface area contributed by atoms with Crippen molar-refractivity contribution in [2.24, 2.45) is 0 Å². The van der Waals surface area contributed by atoms with E-state index in [1.54, 1.807) is 0 Å². The molecule has 1 unspecified atom stereocenters. The molecule has 0 saturated heterocycles. The Morgan fingerprint density at radius 1 is 0.350 bits per heavy atom. The molecule has 0 aromatic rings. The van der Waals surface area contributed by atoms with Crippen LogP contribution in [-0.2, 0) is 28.6 Å². The van der Waals surface area contributed by atoms with E-state index >= 15 is 0 Å². The van der Waals surface area contributed by atoms with Crippen LogP contribution in [0.15, 0.2) is 60.8 Å². The zero-order valence-electron chi connectivity index (χ0n) is 39.5. The van der Waals surface area contributed by atoms with Crippen LogP contribution in [0.2, 0.25) is 0 Å². The molecule has 0 aromatic heterocycles. The fraction of sp³-hybridized carbons (Fsp3) is 0.759. The molecule has 0 aliphatic heterocycles. The third-order valence-electron chi connectivity index (χ3n) is 10.8. The Morgan fingerprint density at radius 3 is 1.12 bits per heavy atom. The number of rotatable bonds is 45. The molecule has 6 nitrogen and oxygen atoms in total. The van der Waals surface area contributed by atoms with Crippen LogP contribution in [0, 0.1) is 0 Å². The van der Waals surface area contributed by atoms with Crippen LogP contribution in [0.3, 0.4) is 0 Å². The highest BCUT2D eigenvalue weighted by atomic mass is 16.6. The number of hydrogen-bond acceptors (Lipinski definition) is 6. The van der Waals surface area contributed by atoms with Crippen LogP contribution in [0.4, 0.5) is 0 Å². The van der Waals surface area contributed by atoms with E-state index < -0.39 is 12.1 Å². The third-order valence-corrected chi connectivity index (χ3v) is 10.8. The van der Waals surface area contributed by atoms with Crippen LogP contribution < -0.4 is 0 Å². The maximum atomic E-state index is 12.7. The lowest BCUT2D eigenvalue weighted by atomic mass is 10.0. The number of esters is 3. The third kappa shape index (κ3) is 46.2. The fourth-order valence-electron chi connectivity index (χ4n) is 6.98. The van der Waals surface area contributed by atoms with Gasteiger partial charge in [0.15, 0.2) is 6.10 Å². The molecule has 6 heteroatoms. The zero-order chi connectivity index (χ0) is 43.7. The maximum Gasteiger partial charge on any atom is 0.306 e. The summed E-state index contributed by atoms with van der Waals surface area (Å²) in [6, 6.07) is 0. The largest absolute Gasteiger partial charge is 0.462 e. The summed E-state index contributed by atoms with van der Waals surface area (Å²) in [7, 11) is 0. The van der Waals surface area contributed by atoms with E-state index in [4.69, 9.17) is 14.2 Å². The van der Waals surface area contributed by atoms with Gasteiger partial charge in [0.25, 0.3) is 0 Å². The standard InChI is InChI=1S/C54H94O6/c1-4-7-10-13-16-19-22-25-26-27-28-30-32-35-38-41-44-47-53(56)59-50-51(49-58-52(55)46-43-40-37-34-31-24-21-18-15-12-9-6-3)60-54(57)48-45-42-39-36-33-29-23-20-17-14-11-8-5-2/h8,11,17-18,20-21,29,33,39,42,51H,4-7,9-10,12-16,19,22-28,30-32,34-38,40-41,43-50H2,1-3H3/b11-8-,20-17-,21-18-,33-29-,42-39-. The molecule has 0 spiro atoms. The minimum atomic E-state index is -0.812. The van der Waals surface area contributed by atoms with Crippen LogP contribution >= 0.6 is 0 Å². The smallest absolute Gasteiger partial charge is 0.306 e. The second-order valence-corrected chi connectivity index (χ2v) is 16.7. The van der Waals surface area contributed by atoms with Crippen molar-refractivity contribution in [1.82, 2.24) is 0 Å². The van der Waals surface area contributed by atoms with E-state index in [0.717, 1.165) is 77.0 Å². The van der Waals surface area contributed by atoms with E-state index in [1.807, 2.05) is 12.2 Å². The van der Waals surface area contributed by atoms with Gasteiger partial charge in [-0.15, -0.1) is 0 Å². The molecule has 0 heterocycles. The van der Waals surface area contributed by atoms with Crippen molar-refractivity contribution in [2.75, 3.05) is 13.2 Å². The minimum Gasteiger partial charge on any atom is -0.462 e. The number of hydrogen-bond donors (Lipinski definition) is 0. The molecule has 346 valence electrons. The molecule has 0 saturated carbocycles. The molecule has 0 radical (unpaired) electrons. The van der Waals surface area contributed by atoms with Crippen molar-refractivity contribution >= 4 is 17.9 Å². The Kier molecular flexibility index (Phi) is 46.4. The summed E-state index contributed by atoms with van der Waals surface area (Å²) in [6.07, 6.45) is 59.3. The van der Waals surface area contributed by atoms with Gasteiger partial charge in [-0.2, -0.15) is 0 Å². The normalized spacial score (nSPS) is 12.5. The first kappa shape index (κ1) is 57.1. The van der Waals surface area contributed by atoms with Crippen LogP contribution in [-0.4, -0.2) is 37.2 Å². The highest BCUT2D eigenvalue weighted by molar-refractivity contribution is 5.71. The summed E-state index contributed by atoms with van der Waals surface area (Å²) >= 11 is 0. The molecule has 0 fully saturated rings. The van der Waals surface area contributed by atoms with Crippen molar-refractivity contribution in [3.63, 3.8) is 0 Å². The van der Waals surface area contributed by atoms with Gasteiger partial charge in [0.05, 0.1) is 0 Å². The predicted octanol–water partition coefficient (Wildman–Crippen LogP) is 16.5. The minimum absolute atomic E-state index is 0.103. The van der Waals surface area contributed by atoms with Crippen LogP contribution in [0.25, 0.3) is 0 Å². The van der Waals surface area contributed by atoms with Gasteiger partial charge in [-0.25, -0.2) is 0 Å². The summed E-state index contributed by atoms with van der Waals surface area (Å²) in [6.45, 7) is 6.44. The van der Waals surface area contributed by atoms with Gasteiger partial charge >= 0.3 is 17.9 Å². The first-order valence-corrected chi connectivity index (χ1v) is 25.3. The molecular weight excluding hydrogens is 745 g/mol. The second-order valence-electron chi connectivity index (χ2n) is 16.7. The monoisotopic (exact) mass is 839 g/mol. The molecule has 0 rings (SSSR count). The lowest BCUT2D eigenvalue weighted by Crippen LogP contribution is -2.30. The van der Waals surface area contributed by atoms with Gasteiger partial charge in [0, 0.05) is 19.3 Å². The molecule has 0 aliphatic rings. The molecule has 0 bridgehead atoms. The lowest BCUT2D eigenvalue weighted by molar-refractivity contribution is -0.166. The Balaban J connectivity index is 4.42. The Labute approximate surface area is 370 Å². The summed E-state index contributed by atoms with van der Waals surface area (Å²) in [5.74, 6) is -0.991. The van der Waals surface area contributed by atoms with E-state index in [9.17, 15) is 14.4 Å². The number of carbonyl (C=O) groups excluding carboxylic acids is 3. The Hall–Kier alpha value is -2.89. The van der Waals surface area contributed by atoms with Crippen molar-refractivity contribution in [3.8, 4) is 0 Å². The molecular formula is C54H94O6. The van der Waals surface area contributed by atoms with Crippen molar-refractivity contribution < 1.29 is 28.6 Å². The van der Waals surface area contributed by atoms with Crippen molar-refractivity contribution in [3.05, 3.63) is 60.8 Å². The van der Waals surface area contributed by atoms with E-state index in [1.165, 1.54) is 122 Å². The number of ether oxygens (including phenoxy) is 3. The van der Waals surface area contributed by atoms with Gasteiger partial charge < -0.3 is 14.2 Å². The number of unbranched alkanes of at least 4 members (excludes halogenated alkanes) is 24. The first-order chi connectivity index (χ1) is 29.5. The second kappa shape index (κ2) is 48.8. The van der Waals surface area contributed by atoms with Crippen molar-refractivity contribution in [2.45, 2.75) is 252 Å². The van der Waals surface area contributed by atoms with E-state index in [-0.39, 0.29) is 31.6 Å². The van der Waals surface area contributed by atoms with Gasteiger partial charge in [-0.3, -0.25) is 14.4 Å². The van der Waals surface area contributed by atoms with Gasteiger partial charge in [-0.1, -0.05) is 216 Å². The molecule has 0 aliphatic carbocycles. The Bertz CT molecular complexity index is 1100. The highest BCUT2D eigenvalue weighted by Gasteiger charge is 2.19. The first-order valence-electron chi connectivity index (χ1n) is 25.3. The summed E-state index contributed by atoms with van der Waals surface area (Å²) < 4.78 is 16.7. The molecule has 1 atom stereocenters.